The number of anilines is 3. The van der Waals surface area contributed by atoms with Crippen LogP contribution in [0, 0.1) is 23.5 Å². The van der Waals surface area contributed by atoms with Crippen molar-refractivity contribution in [3.8, 4) is 23.1 Å². The Bertz CT molecular complexity index is 3710. The number of pyridine rings is 1. The van der Waals surface area contributed by atoms with Gasteiger partial charge in [-0.3, -0.25) is 14.6 Å². The summed E-state index contributed by atoms with van der Waals surface area (Å²) >= 11 is 0. The summed E-state index contributed by atoms with van der Waals surface area (Å²) in [5.74, 6) is 1.02. The molecule has 1 atom stereocenters. The number of ether oxygens (including phenoxy) is 4. The second kappa shape index (κ2) is 23.1. The molecule has 1 saturated carbocycles. The molecule has 3 aliphatic heterocycles. The van der Waals surface area contributed by atoms with Crippen LogP contribution < -0.4 is 34.2 Å². The van der Waals surface area contributed by atoms with Crippen LogP contribution in [-0.4, -0.2) is 118 Å². The maximum atomic E-state index is 15.2. The summed E-state index contributed by atoms with van der Waals surface area (Å²) in [4.78, 5) is 33.9. The lowest BCUT2D eigenvalue weighted by Crippen LogP contribution is -2.60. The molecule has 1 amide bonds. The number of H-pyrrole nitrogens is 1. The smallest absolute Gasteiger partial charge is 0.268 e. The minimum atomic E-state index is -4.70. The van der Waals surface area contributed by atoms with Crippen LogP contribution in [0.4, 0.5) is 21.5 Å². The number of amides is 1. The van der Waals surface area contributed by atoms with Gasteiger partial charge in [-0.05, 0) is 136 Å². The molecule has 438 valence electrons. The van der Waals surface area contributed by atoms with Crippen molar-refractivity contribution in [2.75, 3.05) is 88.5 Å². The molecule has 18 nitrogen and oxygen atoms in total. The van der Waals surface area contributed by atoms with E-state index < -0.39 is 21.8 Å². The van der Waals surface area contributed by atoms with Gasteiger partial charge in [-0.25, -0.2) is 27.5 Å². The van der Waals surface area contributed by atoms with Gasteiger partial charge < -0.3 is 48.8 Å². The predicted octanol–water partition coefficient (Wildman–Crippen LogP) is 11.4. The van der Waals surface area contributed by atoms with Crippen molar-refractivity contribution in [2.45, 2.75) is 102 Å². The third-order valence-electron chi connectivity index (χ3n) is 17.8. The molecule has 0 unspecified atom stereocenters. The number of aryl methyl sites for hydroxylation is 1. The summed E-state index contributed by atoms with van der Waals surface area (Å²) in [6.07, 6.45) is 8.88. The van der Waals surface area contributed by atoms with Crippen molar-refractivity contribution in [1.29, 1.82) is 0 Å². The molecule has 83 heavy (non-hydrogen) atoms. The highest BCUT2D eigenvalue weighted by Gasteiger charge is 2.50. The van der Waals surface area contributed by atoms with E-state index in [4.69, 9.17) is 23.4 Å². The van der Waals surface area contributed by atoms with E-state index >= 15 is 4.39 Å². The molecule has 6 heterocycles. The van der Waals surface area contributed by atoms with E-state index in [9.17, 15) is 18.4 Å². The number of methoxy groups -OCH3 is 1. The number of furan rings is 1. The van der Waals surface area contributed by atoms with Crippen LogP contribution in [0.2, 0.25) is 0 Å². The molecular weight excluding hydrogens is 1080 g/mol. The first-order chi connectivity index (χ1) is 40.1. The van der Waals surface area contributed by atoms with Gasteiger partial charge in [-0.1, -0.05) is 44.2 Å². The highest BCUT2D eigenvalue weighted by Crippen LogP contribution is 2.54. The van der Waals surface area contributed by atoms with Crippen LogP contribution in [0.1, 0.15) is 115 Å². The highest BCUT2D eigenvalue weighted by atomic mass is 32.2. The molecule has 1 spiro atoms. The zero-order valence-corrected chi connectivity index (χ0v) is 48.9. The summed E-state index contributed by atoms with van der Waals surface area (Å²) in [6, 6.07) is 23.8. The number of nitrogens with zero attached hydrogens (tertiary/aromatic N) is 6. The molecule has 12 rings (SSSR count). The second-order valence-electron chi connectivity index (χ2n) is 23.4. The van der Waals surface area contributed by atoms with E-state index in [0.717, 1.165) is 106 Å². The van der Waals surface area contributed by atoms with Gasteiger partial charge in [0.05, 0.1) is 48.2 Å². The Kier molecular flexibility index (Phi) is 15.6. The number of hydrogen-bond acceptors (Lipinski definition) is 16. The number of sulfonamides is 1. The Labute approximate surface area is 483 Å². The van der Waals surface area contributed by atoms with Crippen molar-refractivity contribution in [3.05, 3.63) is 130 Å². The highest BCUT2D eigenvalue weighted by molar-refractivity contribution is 7.90. The maximum absolute atomic E-state index is 15.2. The van der Waals surface area contributed by atoms with E-state index in [1.807, 2.05) is 13.0 Å². The molecule has 4 fully saturated rings. The molecule has 5 aliphatic rings. The number of allylic oxidation sites excluding steroid dienone is 1. The zero-order chi connectivity index (χ0) is 57.7. The Morgan fingerprint density at radius 1 is 1.00 bits per heavy atom. The summed E-state index contributed by atoms with van der Waals surface area (Å²) in [7, 11) is -1.74. The molecule has 3 saturated heterocycles. The number of carbonyl (C=O) groups is 1. The molecule has 0 radical (unpaired) electrons. The number of nitrogens with one attached hydrogen (secondary N) is 3. The normalized spacial score (nSPS) is 18.8. The Morgan fingerprint density at radius 2 is 1.80 bits per heavy atom. The van der Waals surface area contributed by atoms with Crippen molar-refractivity contribution in [1.82, 2.24) is 29.5 Å². The Balaban J connectivity index is 0.787. The lowest BCUT2D eigenvalue weighted by atomic mass is 9.59. The monoisotopic (exact) mass is 1150 g/mol. The third kappa shape index (κ3) is 11.1. The van der Waals surface area contributed by atoms with Crippen molar-refractivity contribution in [2.24, 2.45) is 11.3 Å². The summed E-state index contributed by atoms with van der Waals surface area (Å²) in [6.45, 7) is 15.5. The van der Waals surface area contributed by atoms with Gasteiger partial charge in [-0.15, -0.1) is 0 Å². The van der Waals surface area contributed by atoms with Crippen molar-refractivity contribution in [3.63, 3.8) is 0 Å². The van der Waals surface area contributed by atoms with Crippen LogP contribution >= 0.6 is 0 Å². The number of halogens is 1. The summed E-state index contributed by atoms with van der Waals surface area (Å²) in [5, 5.41) is 18.2. The Hall–Kier alpha value is -7.23. The topological polar surface area (TPSA) is 203 Å². The van der Waals surface area contributed by atoms with Gasteiger partial charge in [0.1, 0.15) is 27.7 Å². The van der Waals surface area contributed by atoms with Crippen LogP contribution in [0.3, 0.4) is 0 Å². The lowest BCUT2D eigenvalue weighted by molar-refractivity contribution is -0.0627. The number of piperidine rings is 1. The third-order valence-corrected chi connectivity index (χ3v) is 19.2. The van der Waals surface area contributed by atoms with Crippen LogP contribution in [0.15, 0.2) is 94.5 Å². The second-order valence-corrected chi connectivity index (χ2v) is 25.0. The average molecular weight is 1150 g/mol. The molecule has 2 aliphatic carbocycles. The fourth-order valence-electron chi connectivity index (χ4n) is 13.4. The van der Waals surface area contributed by atoms with Crippen LogP contribution in [-0.2, 0) is 27.7 Å². The van der Waals surface area contributed by atoms with E-state index in [2.05, 4.69) is 89.9 Å². The van der Waals surface area contributed by atoms with E-state index in [-0.39, 0.29) is 75.0 Å². The van der Waals surface area contributed by atoms with Crippen molar-refractivity contribution < 1.29 is 41.0 Å². The minimum Gasteiger partial charge on any atom is -0.758 e. The van der Waals surface area contributed by atoms with Crippen molar-refractivity contribution >= 4 is 60.8 Å². The molecular formula is C63H73FN9O9S-. The number of aromatic nitrogens is 3. The molecule has 4 aromatic carbocycles. The number of hydrogen-bond donors (Lipinski definition) is 3. The largest absolute Gasteiger partial charge is 0.758 e. The molecule has 20 heteroatoms. The SMILES string of the molecule is CCOc1nc2c(cc1Oc1cc(N3CCC4(CC3)CC(N3CCN(Cc5ccc(OC)c6oc(C)cc56)C[C@H]3c3ccccc3C(C)C)C4)ccc1C(=O)NS(=O)(=O)c1cc(N(C)[O-])c(NCC3CCOCC3)c3[nH]cnc13)C(F)=CC2. The van der Waals surface area contributed by atoms with E-state index in [0.29, 0.717) is 53.7 Å². The average Bonchev–Trinajstić information content (AvgIpc) is 4.09. The lowest BCUT2D eigenvalue weighted by Gasteiger charge is -2.58. The van der Waals surface area contributed by atoms with Crippen LogP contribution in [0.5, 0.6) is 23.1 Å². The number of carbonyl (C=O) groups excluding carboxylic acids is 1. The van der Waals surface area contributed by atoms with Gasteiger partial charge in [0.2, 0.25) is 0 Å². The number of fused-ring (bicyclic) bond motifs is 3. The maximum Gasteiger partial charge on any atom is 0.268 e. The fraction of sp³-hybridized carbons (Fsp3) is 0.444. The van der Waals surface area contributed by atoms with Crippen LogP contribution in [0.25, 0.3) is 27.8 Å². The number of hydroxylamine groups is 1. The summed E-state index contributed by atoms with van der Waals surface area (Å²) < 4.78 is 76.3. The number of benzene rings is 4. The molecule has 7 aromatic rings. The Morgan fingerprint density at radius 3 is 2.55 bits per heavy atom. The first-order valence-corrected chi connectivity index (χ1v) is 30.6. The zero-order valence-electron chi connectivity index (χ0n) is 48.1. The number of imidazole rings is 1. The molecule has 0 bridgehead atoms. The predicted molar refractivity (Wildman–Crippen MR) is 319 cm³/mol. The van der Waals surface area contributed by atoms with E-state index in [1.54, 1.807) is 32.2 Å². The van der Waals surface area contributed by atoms with Gasteiger partial charge in [0.15, 0.2) is 17.1 Å². The number of rotatable bonds is 18. The van der Waals surface area contributed by atoms with Gasteiger partial charge in [0.25, 0.3) is 21.8 Å². The van der Waals surface area contributed by atoms with Gasteiger partial charge in [0, 0.05) is 100 Å². The van der Waals surface area contributed by atoms with E-state index in [1.165, 1.54) is 48.3 Å². The number of piperazine rings is 1. The first kappa shape index (κ1) is 56.3. The summed E-state index contributed by atoms with van der Waals surface area (Å²) in [5.41, 5.74) is 7.19. The van der Waals surface area contributed by atoms with Gasteiger partial charge >= 0.3 is 0 Å². The minimum absolute atomic E-state index is 0.0185. The number of aromatic amines is 1. The molecule has 3 aromatic heterocycles. The fourth-order valence-corrected chi connectivity index (χ4v) is 14.5. The quantitative estimate of drug-likeness (QED) is 0.0684. The first-order valence-electron chi connectivity index (χ1n) is 29.1. The molecule has 3 N–H and O–H groups in total. The van der Waals surface area contributed by atoms with Gasteiger partial charge in [-0.2, -0.15) is 0 Å². The standard InChI is InChI=1S/C63H73FN9O9S/c1-7-80-62-55(30-48-49(64)15-16-50(48)68-62)82-54-29-42(13-14-46(54)61(74)69-83(76,77)56-31-51(70(5)75)57(59-58(56)66-37-67-59)65-34-40-18-26-79-27-19-40)72-22-20-63(21-23-72)32-43(33-63)73-25-24-71(36-52(73)45-11-9-8-10-44(45)38(2)3)35-41-12-17-53(78-6)60-47(41)28-39(4)81-60/h8-15,17,28-31,37-38,40,43,52,65H,7,16,18-27,32-36H2,1-6H3,(H,66,67)(H,69,74)/q-1/t52-/m0/s1.